The standard InChI is InChI=1S/C15H11NO3S/c1-18-15(17)10-2-4-11(5-3-10)19-14-12-7-9-20-13(12)6-8-16-14/h2-9H,1H3. The maximum Gasteiger partial charge on any atom is 0.337 e. The molecule has 0 aliphatic heterocycles. The third-order valence-corrected chi connectivity index (χ3v) is 3.72. The van der Waals surface area contributed by atoms with Gasteiger partial charge < -0.3 is 9.47 Å². The zero-order valence-electron chi connectivity index (χ0n) is 10.7. The molecule has 5 heteroatoms. The van der Waals surface area contributed by atoms with Crippen molar-refractivity contribution in [3.05, 3.63) is 53.5 Å². The highest BCUT2D eigenvalue weighted by Gasteiger charge is 2.08. The molecule has 1 aromatic carbocycles. The molecule has 0 spiro atoms. The molecule has 0 radical (unpaired) electrons. The zero-order valence-corrected chi connectivity index (χ0v) is 11.5. The molecular weight excluding hydrogens is 274 g/mol. The summed E-state index contributed by atoms with van der Waals surface area (Å²) < 4.78 is 11.5. The molecule has 2 heterocycles. The third kappa shape index (κ3) is 2.35. The van der Waals surface area contributed by atoms with Gasteiger partial charge in [0.25, 0.3) is 0 Å². The second-order valence-corrected chi connectivity index (χ2v) is 5.01. The van der Waals surface area contributed by atoms with E-state index in [1.165, 1.54) is 7.11 Å². The van der Waals surface area contributed by atoms with Crippen LogP contribution in [0.25, 0.3) is 10.1 Å². The van der Waals surface area contributed by atoms with Crippen molar-refractivity contribution in [2.45, 2.75) is 0 Å². The van der Waals surface area contributed by atoms with E-state index in [2.05, 4.69) is 9.72 Å². The van der Waals surface area contributed by atoms with Crippen molar-refractivity contribution in [2.75, 3.05) is 7.11 Å². The van der Waals surface area contributed by atoms with Crippen LogP contribution in [0.1, 0.15) is 10.4 Å². The maximum absolute atomic E-state index is 11.3. The molecule has 0 N–H and O–H groups in total. The Labute approximate surface area is 119 Å². The highest BCUT2D eigenvalue weighted by molar-refractivity contribution is 7.17. The summed E-state index contributed by atoms with van der Waals surface area (Å²) in [7, 11) is 1.36. The summed E-state index contributed by atoms with van der Waals surface area (Å²) in [4.78, 5) is 15.6. The van der Waals surface area contributed by atoms with Gasteiger partial charge in [0, 0.05) is 10.9 Å². The largest absolute Gasteiger partial charge is 0.465 e. The predicted octanol–water partition coefficient (Wildman–Crippen LogP) is 3.88. The first-order chi connectivity index (χ1) is 9.78. The number of benzene rings is 1. The molecule has 0 amide bonds. The number of carbonyl (C=O) groups excluding carboxylic acids is 1. The molecule has 0 atom stereocenters. The number of ether oxygens (including phenoxy) is 2. The maximum atomic E-state index is 11.3. The van der Waals surface area contributed by atoms with Crippen molar-refractivity contribution in [3.8, 4) is 11.6 Å². The van der Waals surface area contributed by atoms with Gasteiger partial charge in [-0.3, -0.25) is 0 Å². The number of esters is 1. The van der Waals surface area contributed by atoms with Gasteiger partial charge in [0.2, 0.25) is 5.88 Å². The Morgan fingerprint density at radius 1 is 1.15 bits per heavy atom. The van der Waals surface area contributed by atoms with Crippen LogP contribution in [0.5, 0.6) is 11.6 Å². The molecule has 3 rings (SSSR count). The molecule has 0 bridgehead atoms. The first-order valence-electron chi connectivity index (χ1n) is 5.96. The summed E-state index contributed by atoms with van der Waals surface area (Å²) in [5.41, 5.74) is 0.488. The number of pyridine rings is 1. The molecule has 20 heavy (non-hydrogen) atoms. The van der Waals surface area contributed by atoms with E-state index >= 15 is 0 Å². The first-order valence-corrected chi connectivity index (χ1v) is 6.84. The van der Waals surface area contributed by atoms with Crippen LogP contribution in [0, 0.1) is 0 Å². The van der Waals surface area contributed by atoms with Gasteiger partial charge in [-0.15, -0.1) is 11.3 Å². The van der Waals surface area contributed by atoms with Gasteiger partial charge in [-0.2, -0.15) is 0 Å². The molecule has 0 fully saturated rings. The molecule has 0 saturated carbocycles. The van der Waals surface area contributed by atoms with E-state index in [0.717, 1.165) is 10.1 Å². The monoisotopic (exact) mass is 285 g/mol. The minimum atomic E-state index is -0.366. The second kappa shape index (κ2) is 5.30. The Hall–Kier alpha value is -2.40. The van der Waals surface area contributed by atoms with Gasteiger partial charge in [0.15, 0.2) is 0 Å². The Balaban J connectivity index is 1.88. The summed E-state index contributed by atoms with van der Waals surface area (Å²) in [6, 6.07) is 10.7. The molecule has 0 unspecified atom stereocenters. The predicted molar refractivity (Wildman–Crippen MR) is 77.5 cm³/mol. The summed E-state index contributed by atoms with van der Waals surface area (Å²) in [6.07, 6.45) is 1.72. The SMILES string of the molecule is COC(=O)c1ccc(Oc2nccc3sccc23)cc1. The van der Waals surface area contributed by atoms with E-state index in [4.69, 9.17) is 4.74 Å². The summed E-state index contributed by atoms with van der Waals surface area (Å²) >= 11 is 1.64. The van der Waals surface area contributed by atoms with Crippen LogP contribution < -0.4 is 4.74 Å². The van der Waals surface area contributed by atoms with Crippen molar-refractivity contribution in [1.82, 2.24) is 4.98 Å². The van der Waals surface area contributed by atoms with Gasteiger partial charge in [-0.25, -0.2) is 9.78 Å². The average molecular weight is 285 g/mol. The molecular formula is C15H11NO3S. The van der Waals surface area contributed by atoms with E-state index in [9.17, 15) is 4.79 Å². The lowest BCUT2D eigenvalue weighted by atomic mass is 10.2. The number of hydrogen-bond acceptors (Lipinski definition) is 5. The fourth-order valence-corrected chi connectivity index (χ4v) is 2.61. The van der Waals surface area contributed by atoms with E-state index in [0.29, 0.717) is 17.2 Å². The summed E-state index contributed by atoms with van der Waals surface area (Å²) in [6.45, 7) is 0. The fraction of sp³-hybridized carbons (Fsp3) is 0.0667. The van der Waals surface area contributed by atoms with E-state index in [1.54, 1.807) is 41.8 Å². The normalized spacial score (nSPS) is 10.4. The minimum absolute atomic E-state index is 0.366. The molecule has 0 saturated heterocycles. The van der Waals surface area contributed by atoms with Crippen molar-refractivity contribution >= 4 is 27.4 Å². The van der Waals surface area contributed by atoms with Crippen LogP contribution in [0.15, 0.2) is 48.0 Å². The van der Waals surface area contributed by atoms with Gasteiger partial charge in [0.1, 0.15) is 5.75 Å². The minimum Gasteiger partial charge on any atom is -0.465 e. The zero-order chi connectivity index (χ0) is 13.9. The van der Waals surface area contributed by atoms with Crippen molar-refractivity contribution in [3.63, 3.8) is 0 Å². The number of methoxy groups -OCH3 is 1. The molecule has 2 aromatic heterocycles. The van der Waals surface area contributed by atoms with Crippen molar-refractivity contribution < 1.29 is 14.3 Å². The lowest BCUT2D eigenvalue weighted by molar-refractivity contribution is 0.0600. The van der Waals surface area contributed by atoms with Gasteiger partial charge in [0.05, 0.1) is 18.1 Å². The molecule has 100 valence electrons. The van der Waals surface area contributed by atoms with Crippen LogP contribution in [-0.4, -0.2) is 18.1 Å². The smallest absolute Gasteiger partial charge is 0.337 e. The Morgan fingerprint density at radius 3 is 2.70 bits per heavy atom. The molecule has 3 aromatic rings. The van der Waals surface area contributed by atoms with Crippen molar-refractivity contribution in [1.29, 1.82) is 0 Å². The van der Waals surface area contributed by atoms with Crippen LogP contribution in [0.2, 0.25) is 0 Å². The van der Waals surface area contributed by atoms with Crippen LogP contribution in [0.3, 0.4) is 0 Å². The van der Waals surface area contributed by atoms with E-state index in [-0.39, 0.29) is 5.97 Å². The van der Waals surface area contributed by atoms with Crippen LogP contribution in [0.4, 0.5) is 0 Å². The topological polar surface area (TPSA) is 48.4 Å². The number of fused-ring (bicyclic) bond motifs is 1. The number of thiophene rings is 1. The summed E-state index contributed by atoms with van der Waals surface area (Å²) in [5.74, 6) is 0.827. The lowest BCUT2D eigenvalue weighted by Crippen LogP contribution is -2.00. The molecule has 4 nitrogen and oxygen atoms in total. The average Bonchev–Trinajstić information content (AvgIpc) is 2.97. The highest BCUT2D eigenvalue weighted by atomic mass is 32.1. The number of hydrogen-bond donors (Lipinski definition) is 0. The summed E-state index contributed by atoms with van der Waals surface area (Å²) in [5, 5.41) is 2.98. The number of aromatic nitrogens is 1. The van der Waals surface area contributed by atoms with Gasteiger partial charge >= 0.3 is 5.97 Å². The number of carbonyl (C=O) groups is 1. The Bertz CT molecular complexity index is 749. The molecule has 0 aliphatic rings. The third-order valence-electron chi connectivity index (χ3n) is 2.83. The van der Waals surface area contributed by atoms with E-state index < -0.39 is 0 Å². The quantitative estimate of drug-likeness (QED) is 0.685. The van der Waals surface area contributed by atoms with E-state index in [1.807, 2.05) is 17.5 Å². The van der Waals surface area contributed by atoms with Crippen molar-refractivity contribution in [2.24, 2.45) is 0 Å². The second-order valence-electron chi connectivity index (χ2n) is 4.07. The number of nitrogens with zero attached hydrogens (tertiary/aromatic N) is 1. The Morgan fingerprint density at radius 2 is 1.95 bits per heavy atom. The van der Waals surface area contributed by atoms with Crippen LogP contribution in [-0.2, 0) is 4.74 Å². The lowest BCUT2D eigenvalue weighted by Gasteiger charge is -2.06. The first kappa shape index (κ1) is 12.6. The number of rotatable bonds is 3. The van der Waals surface area contributed by atoms with Crippen LogP contribution >= 0.6 is 11.3 Å². The fourth-order valence-electron chi connectivity index (χ4n) is 1.84. The Kier molecular flexibility index (Phi) is 3.35. The highest BCUT2D eigenvalue weighted by Crippen LogP contribution is 2.30. The van der Waals surface area contributed by atoms with Gasteiger partial charge in [-0.05, 0) is 41.8 Å². The van der Waals surface area contributed by atoms with Gasteiger partial charge in [-0.1, -0.05) is 0 Å². The molecule has 0 aliphatic carbocycles.